The van der Waals surface area contributed by atoms with Gasteiger partial charge in [-0.3, -0.25) is 9.59 Å². The summed E-state index contributed by atoms with van der Waals surface area (Å²) in [6, 6.07) is 6.91. The molecule has 0 bridgehead atoms. The van der Waals surface area contributed by atoms with Gasteiger partial charge in [0.1, 0.15) is 35.0 Å². The summed E-state index contributed by atoms with van der Waals surface area (Å²) >= 11 is 11.4. The Morgan fingerprint density at radius 3 is 2.47 bits per heavy atom. The highest BCUT2D eigenvalue weighted by Crippen LogP contribution is 2.37. The van der Waals surface area contributed by atoms with Gasteiger partial charge in [-0.1, -0.05) is 27.5 Å². The number of methoxy groups -OCH3 is 1. The lowest BCUT2D eigenvalue weighted by Crippen LogP contribution is -2.41. The molecule has 0 saturated heterocycles. The van der Waals surface area contributed by atoms with E-state index in [4.69, 9.17) is 32.7 Å². The van der Waals surface area contributed by atoms with Crippen LogP contribution in [0.15, 0.2) is 46.1 Å². The number of thiazole rings is 1. The van der Waals surface area contributed by atoms with Gasteiger partial charge in [-0.25, -0.2) is 14.2 Å². The number of halogens is 3. The largest absolute Gasteiger partial charge is 0.587 e. The molecule has 15 heteroatoms. The van der Waals surface area contributed by atoms with Crippen molar-refractivity contribution in [2.24, 2.45) is 0 Å². The van der Waals surface area contributed by atoms with E-state index in [2.05, 4.69) is 9.72 Å². The molecule has 0 aliphatic carbocycles. The molecule has 0 spiro atoms. The lowest BCUT2D eigenvalue weighted by Gasteiger charge is -2.26. The highest BCUT2D eigenvalue weighted by molar-refractivity contribution is 7.93. The zero-order valence-corrected chi connectivity index (χ0v) is 27.2. The number of hydrogen-bond donors (Lipinski definition) is 0. The lowest BCUT2D eigenvalue weighted by molar-refractivity contribution is -0.146. The number of amides is 2. The van der Waals surface area contributed by atoms with Crippen LogP contribution < -0.4 is 9.04 Å². The van der Waals surface area contributed by atoms with Crippen molar-refractivity contribution in [2.45, 2.75) is 51.0 Å². The summed E-state index contributed by atoms with van der Waals surface area (Å²) in [5.41, 5.74) is 1.16. The minimum Gasteiger partial charge on any atom is -0.587 e. The molecule has 232 valence electrons. The summed E-state index contributed by atoms with van der Waals surface area (Å²) in [6.07, 6.45) is -0.139. The molecule has 1 aromatic heterocycles. The molecule has 3 aromatic rings. The molecule has 3 rings (SSSR count). The Balaban J connectivity index is 1.84. The molecule has 0 saturated carbocycles. The van der Waals surface area contributed by atoms with Crippen LogP contribution in [0.4, 0.5) is 15.0 Å². The third-order valence-electron chi connectivity index (χ3n) is 5.64. The number of aromatic nitrogens is 1. The first-order valence-electron chi connectivity index (χ1n) is 12.8. The molecule has 10 nitrogen and oxygen atoms in total. The quantitative estimate of drug-likeness (QED) is 0.161. The number of carbonyl (C=O) groups is 3. The standard InChI is InChI=1S/C28H30Cl2FN3O7S2/c1-17(35)33(14-26(36)39-5)10-6-7-18-11-19(29)8-9-22(18)40-23-13-21(31)24(12-20(23)30)43(38)34(25-15-42-16-32-25)27(37)41-28(2,3)4/h8-9,11-13,15-16H,6-7,10,14H2,1-5H3. The zero-order chi connectivity index (χ0) is 31.9. The fourth-order valence-corrected chi connectivity index (χ4v) is 5.80. The third-order valence-corrected chi connectivity index (χ3v) is 8.10. The van der Waals surface area contributed by atoms with E-state index in [1.807, 2.05) is 0 Å². The molecule has 0 aliphatic rings. The molecule has 2 aromatic carbocycles. The fraction of sp³-hybridized carbons (Fsp3) is 0.357. The summed E-state index contributed by atoms with van der Waals surface area (Å²) < 4.78 is 45.6. The van der Waals surface area contributed by atoms with Crippen molar-refractivity contribution in [1.29, 1.82) is 0 Å². The predicted molar refractivity (Wildman–Crippen MR) is 163 cm³/mol. The minimum atomic E-state index is -2.41. The van der Waals surface area contributed by atoms with Crippen LogP contribution in [0.2, 0.25) is 10.0 Å². The molecule has 43 heavy (non-hydrogen) atoms. The molecule has 1 atom stereocenters. The third kappa shape index (κ3) is 9.70. The van der Waals surface area contributed by atoms with Crippen molar-refractivity contribution >= 4 is 69.7 Å². The van der Waals surface area contributed by atoms with Crippen molar-refractivity contribution in [1.82, 2.24) is 9.88 Å². The highest BCUT2D eigenvalue weighted by atomic mass is 35.5. The number of esters is 1. The van der Waals surface area contributed by atoms with Crippen molar-refractivity contribution < 1.29 is 37.5 Å². The molecule has 2 amide bonds. The first-order chi connectivity index (χ1) is 20.2. The molecular formula is C28H30Cl2FN3O7S2. The second kappa shape index (κ2) is 15.1. The Bertz CT molecular complexity index is 1450. The molecular weight excluding hydrogens is 644 g/mol. The van der Waals surface area contributed by atoms with Gasteiger partial charge < -0.3 is 23.7 Å². The van der Waals surface area contributed by atoms with Crippen LogP contribution >= 0.6 is 34.5 Å². The van der Waals surface area contributed by atoms with Crippen LogP contribution in [0.1, 0.15) is 39.7 Å². The maximum Gasteiger partial charge on any atom is 0.458 e. The molecule has 1 unspecified atom stereocenters. The molecule has 0 fully saturated rings. The van der Waals surface area contributed by atoms with Gasteiger partial charge in [-0.05, 0) is 57.4 Å². The Labute approximate surface area is 265 Å². The van der Waals surface area contributed by atoms with Crippen molar-refractivity contribution in [3.05, 3.63) is 62.6 Å². The van der Waals surface area contributed by atoms with E-state index in [-0.39, 0.29) is 40.5 Å². The van der Waals surface area contributed by atoms with E-state index in [0.29, 0.717) is 29.2 Å². The first kappa shape index (κ1) is 34.4. The smallest absolute Gasteiger partial charge is 0.458 e. The maximum absolute atomic E-state index is 15.4. The Morgan fingerprint density at radius 2 is 1.86 bits per heavy atom. The Hall–Kier alpha value is -3.10. The molecule has 0 radical (unpaired) electrons. The monoisotopic (exact) mass is 673 g/mol. The summed E-state index contributed by atoms with van der Waals surface area (Å²) in [6.45, 7) is 6.37. The van der Waals surface area contributed by atoms with E-state index >= 15 is 4.39 Å². The van der Waals surface area contributed by atoms with Gasteiger partial charge in [0, 0.05) is 36.0 Å². The maximum atomic E-state index is 15.4. The van der Waals surface area contributed by atoms with E-state index in [1.54, 1.807) is 39.0 Å². The van der Waals surface area contributed by atoms with Crippen LogP contribution in [-0.4, -0.2) is 58.2 Å². The Morgan fingerprint density at radius 1 is 1.14 bits per heavy atom. The normalized spacial score (nSPS) is 11.9. The summed E-state index contributed by atoms with van der Waals surface area (Å²) in [5.74, 6) is -1.50. The summed E-state index contributed by atoms with van der Waals surface area (Å²) in [5, 5.41) is 1.83. The van der Waals surface area contributed by atoms with Crippen LogP contribution in [-0.2, 0) is 36.8 Å². The van der Waals surface area contributed by atoms with Crippen LogP contribution in [0, 0.1) is 5.82 Å². The number of benzene rings is 2. The SMILES string of the molecule is COC(=O)CN(CCCc1cc(Cl)ccc1Oc1cc(F)c([S+]([O-])N(C(=O)OC(C)(C)C)c2cscn2)cc1Cl)C(C)=O. The zero-order valence-electron chi connectivity index (χ0n) is 24.0. The van der Waals surface area contributed by atoms with Gasteiger partial charge in [0.05, 0.1) is 17.6 Å². The van der Waals surface area contributed by atoms with Gasteiger partial charge in [0.25, 0.3) is 0 Å². The number of ether oxygens (including phenoxy) is 3. The average molecular weight is 675 g/mol. The van der Waals surface area contributed by atoms with Gasteiger partial charge in [0.2, 0.25) is 10.8 Å². The molecule has 0 N–H and O–H groups in total. The second-order valence-electron chi connectivity index (χ2n) is 10.1. The van der Waals surface area contributed by atoms with Gasteiger partial charge in [-0.15, -0.1) is 11.3 Å². The Kier molecular flexibility index (Phi) is 12.0. The fourth-order valence-electron chi connectivity index (χ4n) is 3.67. The van der Waals surface area contributed by atoms with Crippen LogP contribution in [0.5, 0.6) is 11.5 Å². The van der Waals surface area contributed by atoms with Crippen molar-refractivity contribution in [3.8, 4) is 11.5 Å². The van der Waals surface area contributed by atoms with Crippen LogP contribution in [0.25, 0.3) is 0 Å². The number of aryl methyl sites for hydroxylation is 1. The van der Waals surface area contributed by atoms with E-state index in [0.717, 1.165) is 27.8 Å². The van der Waals surface area contributed by atoms with Gasteiger partial charge in [0.15, 0.2) is 11.6 Å². The predicted octanol–water partition coefficient (Wildman–Crippen LogP) is 6.80. The molecule has 0 aliphatic heterocycles. The van der Waals surface area contributed by atoms with Gasteiger partial charge in [-0.2, -0.15) is 0 Å². The van der Waals surface area contributed by atoms with E-state index in [9.17, 15) is 18.9 Å². The number of rotatable bonds is 11. The topological polar surface area (TPSA) is 121 Å². The summed E-state index contributed by atoms with van der Waals surface area (Å²) in [4.78, 5) is 41.5. The lowest BCUT2D eigenvalue weighted by atomic mass is 10.1. The van der Waals surface area contributed by atoms with Crippen LogP contribution in [0.3, 0.4) is 0 Å². The minimum absolute atomic E-state index is 0.0224. The van der Waals surface area contributed by atoms with Gasteiger partial charge >= 0.3 is 12.1 Å². The number of carbonyl (C=O) groups excluding carboxylic acids is 3. The first-order valence-corrected chi connectivity index (χ1v) is 15.6. The number of hydrogen-bond acceptors (Lipinski definition) is 9. The van der Waals surface area contributed by atoms with Crippen molar-refractivity contribution in [2.75, 3.05) is 24.5 Å². The summed E-state index contributed by atoms with van der Waals surface area (Å²) in [7, 11) is 1.24. The second-order valence-corrected chi connectivity index (χ2v) is 12.9. The average Bonchev–Trinajstić information content (AvgIpc) is 3.44. The van der Waals surface area contributed by atoms with E-state index < -0.39 is 34.8 Å². The number of nitrogens with zero attached hydrogens (tertiary/aromatic N) is 3. The number of anilines is 1. The highest BCUT2D eigenvalue weighted by Gasteiger charge is 2.38. The van der Waals surface area contributed by atoms with E-state index in [1.165, 1.54) is 29.8 Å². The molecule has 1 heterocycles. The van der Waals surface area contributed by atoms with Crippen molar-refractivity contribution in [3.63, 3.8) is 0 Å².